The maximum Gasteiger partial charge on any atom is 0.191 e. The minimum absolute atomic E-state index is 0. The smallest absolute Gasteiger partial charge is 0.191 e. The van der Waals surface area contributed by atoms with Gasteiger partial charge in [-0.2, -0.15) is 11.8 Å². The van der Waals surface area contributed by atoms with Crippen molar-refractivity contribution in [3.63, 3.8) is 0 Å². The summed E-state index contributed by atoms with van der Waals surface area (Å²) < 4.78 is 16.1. The topological polar surface area (TPSA) is 64.1 Å². The van der Waals surface area contributed by atoms with Crippen molar-refractivity contribution in [2.45, 2.75) is 24.6 Å². The fourth-order valence-corrected chi connectivity index (χ4v) is 3.85. The lowest BCUT2D eigenvalue weighted by molar-refractivity contribution is 0.347. The molecule has 0 spiro atoms. The van der Waals surface area contributed by atoms with Crippen molar-refractivity contribution < 1.29 is 14.2 Å². The summed E-state index contributed by atoms with van der Waals surface area (Å²) in [6.07, 6.45) is 2.59. The number of halogens is 1. The van der Waals surface area contributed by atoms with Crippen molar-refractivity contribution in [3.8, 4) is 17.2 Å². The summed E-state index contributed by atoms with van der Waals surface area (Å²) in [6.45, 7) is 1.52. The normalized spacial score (nSPS) is 16.8. The van der Waals surface area contributed by atoms with Crippen LogP contribution in [0.25, 0.3) is 0 Å². The van der Waals surface area contributed by atoms with Crippen LogP contribution < -0.4 is 24.8 Å². The molecule has 1 unspecified atom stereocenters. The molecule has 1 aromatic rings. The summed E-state index contributed by atoms with van der Waals surface area (Å²) >= 11 is 2.03. The Kier molecular flexibility index (Phi) is 10.2. The summed E-state index contributed by atoms with van der Waals surface area (Å²) in [5.41, 5.74) is 0.980. The van der Waals surface area contributed by atoms with Crippen LogP contribution in [0.3, 0.4) is 0 Å². The van der Waals surface area contributed by atoms with Gasteiger partial charge in [0.1, 0.15) is 5.75 Å². The molecule has 1 heterocycles. The third-order valence-corrected chi connectivity index (χ3v) is 5.38. The van der Waals surface area contributed by atoms with Crippen LogP contribution in [0.4, 0.5) is 0 Å². The Balaban J connectivity index is 0.00000312. The Hall–Kier alpha value is -1.03. The van der Waals surface area contributed by atoms with Crippen LogP contribution in [0.5, 0.6) is 17.2 Å². The Morgan fingerprint density at radius 1 is 1.12 bits per heavy atom. The minimum Gasteiger partial charge on any atom is -0.496 e. The number of guanidine groups is 1. The molecule has 6 nitrogen and oxygen atoms in total. The van der Waals surface area contributed by atoms with E-state index < -0.39 is 0 Å². The maximum atomic E-state index is 5.46. The maximum absolute atomic E-state index is 5.46. The Morgan fingerprint density at radius 3 is 2.36 bits per heavy atom. The fourth-order valence-electron chi connectivity index (χ4n) is 2.65. The van der Waals surface area contributed by atoms with E-state index in [2.05, 4.69) is 15.6 Å². The second-order valence-electron chi connectivity index (χ2n) is 5.46. The van der Waals surface area contributed by atoms with Crippen molar-refractivity contribution >= 4 is 41.7 Å². The molecule has 0 aromatic heterocycles. The highest BCUT2D eigenvalue weighted by Gasteiger charge is 2.16. The monoisotopic (exact) mass is 481 g/mol. The second kappa shape index (κ2) is 11.6. The van der Waals surface area contributed by atoms with Crippen LogP contribution in [0, 0.1) is 0 Å². The van der Waals surface area contributed by atoms with Crippen molar-refractivity contribution in [3.05, 3.63) is 17.7 Å². The largest absolute Gasteiger partial charge is 0.496 e. The number of nitrogens with zero attached hydrogens (tertiary/aromatic N) is 1. The molecule has 25 heavy (non-hydrogen) atoms. The van der Waals surface area contributed by atoms with Gasteiger partial charge in [-0.15, -0.1) is 24.0 Å². The van der Waals surface area contributed by atoms with E-state index in [4.69, 9.17) is 14.2 Å². The highest BCUT2D eigenvalue weighted by atomic mass is 127. The van der Waals surface area contributed by atoms with Gasteiger partial charge in [-0.3, -0.25) is 4.99 Å². The molecule has 2 N–H and O–H groups in total. The first-order chi connectivity index (χ1) is 11.7. The zero-order valence-corrected chi connectivity index (χ0v) is 18.4. The number of hydrogen-bond donors (Lipinski definition) is 2. The number of hydrogen-bond acceptors (Lipinski definition) is 5. The standard InChI is InChI=1S/C17H27N3O3S.HI/c1-18-17(20-11-13-6-5-7-24-13)19-10-12-8-15(22-3)16(23-4)9-14(12)21-2;/h8-9,13H,5-7,10-11H2,1-4H3,(H2,18,19,20);1H. The van der Waals surface area contributed by atoms with Crippen LogP contribution >= 0.6 is 35.7 Å². The Labute approximate surface area is 171 Å². The number of methoxy groups -OCH3 is 3. The van der Waals surface area contributed by atoms with Gasteiger partial charge in [-0.05, 0) is 24.7 Å². The van der Waals surface area contributed by atoms with E-state index in [1.807, 2.05) is 23.9 Å². The summed E-state index contributed by atoms with van der Waals surface area (Å²) in [6, 6.07) is 3.76. The van der Waals surface area contributed by atoms with Gasteiger partial charge in [-0.25, -0.2) is 0 Å². The zero-order valence-electron chi connectivity index (χ0n) is 15.3. The summed E-state index contributed by atoms with van der Waals surface area (Å²) in [4.78, 5) is 4.28. The van der Waals surface area contributed by atoms with Gasteiger partial charge in [0.25, 0.3) is 0 Å². The Morgan fingerprint density at radius 2 is 1.80 bits per heavy atom. The first kappa shape index (κ1) is 22.0. The highest BCUT2D eigenvalue weighted by molar-refractivity contribution is 14.0. The highest BCUT2D eigenvalue weighted by Crippen LogP contribution is 2.34. The molecular formula is C17H28IN3O3S. The van der Waals surface area contributed by atoms with Gasteiger partial charge in [-0.1, -0.05) is 0 Å². The van der Waals surface area contributed by atoms with Gasteiger partial charge < -0.3 is 24.8 Å². The van der Waals surface area contributed by atoms with Crippen LogP contribution in [0.15, 0.2) is 17.1 Å². The van der Waals surface area contributed by atoms with E-state index in [9.17, 15) is 0 Å². The lowest BCUT2D eigenvalue weighted by Crippen LogP contribution is -2.39. The van der Waals surface area contributed by atoms with Gasteiger partial charge in [0.05, 0.1) is 21.3 Å². The molecule has 142 valence electrons. The predicted molar refractivity (Wildman–Crippen MR) is 115 cm³/mol. The van der Waals surface area contributed by atoms with Crippen LogP contribution in [-0.2, 0) is 6.54 Å². The minimum atomic E-state index is 0. The molecule has 0 amide bonds. The average Bonchev–Trinajstić information content (AvgIpc) is 3.14. The number of thioether (sulfide) groups is 1. The molecule has 8 heteroatoms. The first-order valence-corrected chi connectivity index (χ1v) is 9.11. The van der Waals surface area contributed by atoms with Gasteiger partial charge in [0.2, 0.25) is 0 Å². The van der Waals surface area contributed by atoms with E-state index >= 15 is 0 Å². The molecule has 0 saturated carbocycles. The van der Waals surface area contributed by atoms with Crippen LogP contribution in [0.1, 0.15) is 18.4 Å². The molecular weight excluding hydrogens is 453 g/mol. The molecule has 1 fully saturated rings. The van der Waals surface area contributed by atoms with Crippen molar-refractivity contribution in [2.24, 2.45) is 4.99 Å². The third-order valence-electron chi connectivity index (χ3n) is 3.98. The van der Waals surface area contributed by atoms with E-state index in [-0.39, 0.29) is 24.0 Å². The first-order valence-electron chi connectivity index (χ1n) is 8.06. The lowest BCUT2D eigenvalue weighted by atomic mass is 10.1. The van der Waals surface area contributed by atoms with Gasteiger partial charge in [0.15, 0.2) is 17.5 Å². The van der Waals surface area contributed by atoms with E-state index in [0.717, 1.165) is 23.8 Å². The fraction of sp³-hybridized carbons (Fsp3) is 0.588. The van der Waals surface area contributed by atoms with E-state index in [1.54, 1.807) is 28.4 Å². The summed E-state index contributed by atoms with van der Waals surface area (Å²) in [5, 5.41) is 7.40. The number of benzene rings is 1. The third kappa shape index (κ3) is 6.32. The molecule has 0 bridgehead atoms. The molecule has 2 rings (SSSR count). The van der Waals surface area contributed by atoms with Crippen molar-refractivity contribution in [1.29, 1.82) is 0 Å². The average molecular weight is 481 g/mol. The van der Waals surface area contributed by atoms with Crippen LogP contribution in [-0.4, -0.2) is 51.9 Å². The molecule has 1 aliphatic heterocycles. The van der Waals surface area contributed by atoms with Crippen molar-refractivity contribution in [1.82, 2.24) is 10.6 Å². The number of ether oxygens (including phenoxy) is 3. The number of rotatable bonds is 7. The van der Waals surface area contributed by atoms with Gasteiger partial charge >= 0.3 is 0 Å². The number of aliphatic imine (C=N–C) groups is 1. The summed E-state index contributed by atoms with van der Waals surface area (Å²) in [5.74, 6) is 4.14. The summed E-state index contributed by atoms with van der Waals surface area (Å²) in [7, 11) is 6.67. The van der Waals surface area contributed by atoms with Gasteiger partial charge in [0, 0.05) is 37.0 Å². The molecule has 1 atom stereocenters. The van der Waals surface area contributed by atoms with E-state index in [0.29, 0.717) is 23.3 Å². The van der Waals surface area contributed by atoms with E-state index in [1.165, 1.54) is 18.6 Å². The molecule has 0 radical (unpaired) electrons. The van der Waals surface area contributed by atoms with Crippen LogP contribution in [0.2, 0.25) is 0 Å². The molecule has 1 saturated heterocycles. The SMILES string of the molecule is CN=C(NCc1cc(OC)c(OC)cc1OC)NCC1CCCS1.I. The van der Waals surface area contributed by atoms with Crippen molar-refractivity contribution in [2.75, 3.05) is 40.7 Å². The second-order valence-corrected chi connectivity index (χ2v) is 6.87. The lowest BCUT2D eigenvalue weighted by Gasteiger charge is -2.17. The molecule has 1 aromatic carbocycles. The molecule has 1 aliphatic rings. The zero-order chi connectivity index (χ0) is 17.4. The quantitative estimate of drug-likeness (QED) is 0.355. The molecule has 0 aliphatic carbocycles. The Bertz CT molecular complexity index is 566. The predicted octanol–water partition coefficient (Wildman–Crippen LogP) is 2.89. The number of nitrogens with one attached hydrogen (secondary N) is 2.